The van der Waals surface area contributed by atoms with E-state index in [9.17, 15) is 22.7 Å². The SMILES string of the molecule is O=C(c1ccc(F)cc1)C1CCN(CCCC2CC(O)c3ccccc3S2(=O)=O)CC1. The van der Waals surface area contributed by atoms with Crippen molar-refractivity contribution in [3.63, 3.8) is 0 Å². The van der Waals surface area contributed by atoms with Crippen molar-refractivity contribution in [2.24, 2.45) is 5.92 Å². The van der Waals surface area contributed by atoms with Crippen molar-refractivity contribution >= 4 is 15.6 Å². The van der Waals surface area contributed by atoms with Gasteiger partial charge in [0.1, 0.15) is 5.82 Å². The summed E-state index contributed by atoms with van der Waals surface area (Å²) in [6.45, 7) is 2.36. The molecule has 0 aliphatic carbocycles. The van der Waals surface area contributed by atoms with Gasteiger partial charge >= 0.3 is 0 Å². The van der Waals surface area contributed by atoms with Crippen LogP contribution in [0.1, 0.15) is 54.1 Å². The summed E-state index contributed by atoms with van der Waals surface area (Å²) in [6, 6.07) is 12.4. The zero-order chi connectivity index (χ0) is 22.0. The molecule has 2 atom stereocenters. The van der Waals surface area contributed by atoms with Gasteiger partial charge in [0.05, 0.1) is 16.2 Å². The molecule has 5 nitrogen and oxygen atoms in total. The largest absolute Gasteiger partial charge is 0.388 e. The number of hydrogen-bond donors (Lipinski definition) is 1. The molecule has 4 rings (SSSR count). The lowest BCUT2D eigenvalue weighted by Gasteiger charge is -2.32. The van der Waals surface area contributed by atoms with Crippen LogP contribution in [0.3, 0.4) is 0 Å². The van der Waals surface area contributed by atoms with Crippen molar-refractivity contribution in [3.8, 4) is 0 Å². The first-order chi connectivity index (χ1) is 14.9. The standard InChI is InChI=1S/C24H28FNO4S/c25-19-9-7-17(8-10-19)24(28)18-11-14-26(15-12-18)13-3-4-20-16-22(27)21-5-1-2-6-23(21)31(20,29)30/h1-2,5-10,18,20,22,27H,3-4,11-16H2. The Morgan fingerprint density at radius 3 is 2.45 bits per heavy atom. The van der Waals surface area contributed by atoms with Gasteiger partial charge in [-0.2, -0.15) is 0 Å². The van der Waals surface area contributed by atoms with Crippen LogP contribution >= 0.6 is 0 Å². The van der Waals surface area contributed by atoms with Gasteiger partial charge in [-0.25, -0.2) is 12.8 Å². The Labute approximate surface area is 182 Å². The summed E-state index contributed by atoms with van der Waals surface area (Å²) in [7, 11) is -3.42. The van der Waals surface area contributed by atoms with Gasteiger partial charge < -0.3 is 10.0 Å². The maximum Gasteiger partial charge on any atom is 0.181 e. The van der Waals surface area contributed by atoms with Crippen molar-refractivity contribution in [2.45, 2.75) is 48.4 Å². The number of fused-ring (bicyclic) bond motifs is 1. The Morgan fingerprint density at radius 1 is 1.06 bits per heavy atom. The molecule has 31 heavy (non-hydrogen) atoms. The number of hydrogen-bond acceptors (Lipinski definition) is 5. The minimum atomic E-state index is -3.42. The average Bonchev–Trinajstić information content (AvgIpc) is 2.78. The second kappa shape index (κ2) is 9.18. The van der Waals surface area contributed by atoms with Crippen molar-refractivity contribution < 1.29 is 22.7 Å². The second-order valence-corrected chi connectivity index (χ2v) is 10.8. The van der Waals surface area contributed by atoms with Crippen LogP contribution in [0, 0.1) is 11.7 Å². The van der Waals surface area contributed by atoms with E-state index in [2.05, 4.69) is 4.90 Å². The molecule has 0 saturated carbocycles. The lowest BCUT2D eigenvalue weighted by molar-refractivity contribution is 0.0838. The monoisotopic (exact) mass is 445 g/mol. The maximum absolute atomic E-state index is 13.1. The molecule has 2 aromatic rings. The van der Waals surface area contributed by atoms with Gasteiger partial charge in [0, 0.05) is 11.5 Å². The fourth-order valence-corrected chi connectivity index (χ4v) is 6.85. The number of carbonyl (C=O) groups excluding carboxylic acids is 1. The predicted molar refractivity (Wildman–Crippen MR) is 116 cm³/mol. The Morgan fingerprint density at radius 2 is 1.74 bits per heavy atom. The smallest absolute Gasteiger partial charge is 0.181 e. The summed E-state index contributed by atoms with van der Waals surface area (Å²) in [5.41, 5.74) is 1.06. The zero-order valence-corrected chi connectivity index (χ0v) is 18.2. The average molecular weight is 446 g/mol. The van der Waals surface area contributed by atoms with E-state index in [1.54, 1.807) is 36.4 Å². The summed E-state index contributed by atoms with van der Waals surface area (Å²) in [5, 5.41) is 9.81. The molecule has 2 aromatic carbocycles. The summed E-state index contributed by atoms with van der Waals surface area (Å²) in [6.07, 6.45) is 2.26. The molecule has 1 fully saturated rings. The van der Waals surface area contributed by atoms with Crippen LogP contribution in [0.5, 0.6) is 0 Å². The van der Waals surface area contributed by atoms with E-state index < -0.39 is 21.2 Å². The quantitative estimate of drug-likeness (QED) is 0.685. The molecule has 2 heterocycles. The van der Waals surface area contributed by atoms with Crippen molar-refractivity contribution in [1.29, 1.82) is 0 Å². The first-order valence-corrected chi connectivity index (χ1v) is 12.4. The first kappa shape index (κ1) is 22.1. The van der Waals surface area contributed by atoms with Crippen LogP contribution in [0.25, 0.3) is 0 Å². The maximum atomic E-state index is 13.1. The van der Waals surface area contributed by atoms with E-state index in [0.717, 1.165) is 38.9 Å². The molecule has 2 aliphatic heterocycles. The van der Waals surface area contributed by atoms with E-state index in [-0.39, 0.29) is 28.8 Å². The molecular formula is C24H28FNO4S. The first-order valence-electron chi connectivity index (χ1n) is 10.9. The molecule has 0 radical (unpaired) electrons. The Hall–Kier alpha value is -2.09. The normalized spacial score (nSPS) is 23.9. The number of aliphatic hydroxyl groups excluding tert-OH is 1. The third-order valence-corrected chi connectivity index (χ3v) is 8.89. The molecule has 0 spiro atoms. The lowest BCUT2D eigenvalue weighted by Crippen LogP contribution is -2.37. The molecule has 2 aliphatic rings. The Kier molecular flexibility index (Phi) is 6.55. The van der Waals surface area contributed by atoms with E-state index in [1.165, 1.54) is 12.1 Å². The summed E-state index contributed by atoms with van der Waals surface area (Å²) in [5.74, 6) is -0.324. The summed E-state index contributed by atoms with van der Waals surface area (Å²) >= 11 is 0. The minimum Gasteiger partial charge on any atom is -0.388 e. The zero-order valence-electron chi connectivity index (χ0n) is 17.4. The Bertz CT molecular complexity index is 1030. The summed E-state index contributed by atoms with van der Waals surface area (Å²) < 4.78 is 38.9. The van der Waals surface area contributed by atoms with Gasteiger partial charge in [-0.15, -0.1) is 0 Å². The topological polar surface area (TPSA) is 74.7 Å². The molecule has 1 N–H and O–H groups in total. The van der Waals surface area contributed by atoms with Gasteiger partial charge in [0.2, 0.25) is 0 Å². The number of rotatable bonds is 6. The predicted octanol–water partition coefficient (Wildman–Crippen LogP) is 3.78. The third kappa shape index (κ3) is 4.73. The van der Waals surface area contributed by atoms with Crippen LogP contribution in [0.4, 0.5) is 4.39 Å². The molecule has 2 unspecified atom stereocenters. The highest BCUT2D eigenvalue weighted by Gasteiger charge is 2.37. The number of piperidine rings is 1. The van der Waals surface area contributed by atoms with Gasteiger partial charge in [-0.3, -0.25) is 4.79 Å². The van der Waals surface area contributed by atoms with Crippen LogP contribution in [0.15, 0.2) is 53.4 Å². The number of likely N-dealkylation sites (tertiary alicyclic amines) is 1. The number of ketones is 1. The van der Waals surface area contributed by atoms with Crippen molar-refractivity contribution in [3.05, 3.63) is 65.5 Å². The highest BCUT2D eigenvalue weighted by atomic mass is 32.2. The lowest BCUT2D eigenvalue weighted by atomic mass is 9.89. The molecule has 7 heteroatoms. The van der Waals surface area contributed by atoms with Gasteiger partial charge in [0.25, 0.3) is 0 Å². The van der Waals surface area contributed by atoms with Gasteiger partial charge in [-0.05, 0) is 87.6 Å². The van der Waals surface area contributed by atoms with E-state index in [0.29, 0.717) is 17.5 Å². The highest BCUT2D eigenvalue weighted by Crippen LogP contribution is 2.37. The van der Waals surface area contributed by atoms with Crippen LogP contribution < -0.4 is 0 Å². The van der Waals surface area contributed by atoms with E-state index >= 15 is 0 Å². The van der Waals surface area contributed by atoms with Gasteiger partial charge in [-0.1, -0.05) is 18.2 Å². The van der Waals surface area contributed by atoms with Crippen molar-refractivity contribution in [2.75, 3.05) is 19.6 Å². The number of halogens is 1. The molecule has 0 amide bonds. The molecule has 166 valence electrons. The number of sulfone groups is 1. The molecular weight excluding hydrogens is 417 g/mol. The number of benzene rings is 2. The fraction of sp³-hybridized carbons (Fsp3) is 0.458. The number of Topliss-reactive ketones (excluding diaryl/α,β-unsaturated/α-hetero) is 1. The van der Waals surface area contributed by atoms with Crippen LogP contribution in [-0.4, -0.2) is 49.1 Å². The number of nitrogens with zero attached hydrogens (tertiary/aromatic N) is 1. The molecule has 1 saturated heterocycles. The minimum absolute atomic E-state index is 0.0490. The second-order valence-electron chi connectivity index (χ2n) is 8.59. The number of carbonyl (C=O) groups is 1. The number of aliphatic hydroxyl groups is 1. The molecule has 0 aromatic heterocycles. The summed E-state index contributed by atoms with van der Waals surface area (Å²) in [4.78, 5) is 15.1. The third-order valence-electron chi connectivity index (χ3n) is 6.60. The fourth-order valence-electron chi connectivity index (χ4n) is 4.78. The van der Waals surface area contributed by atoms with E-state index in [1.807, 2.05) is 0 Å². The van der Waals surface area contributed by atoms with Crippen LogP contribution in [-0.2, 0) is 9.84 Å². The van der Waals surface area contributed by atoms with E-state index in [4.69, 9.17) is 0 Å². The van der Waals surface area contributed by atoms with Crippen molar-refractivity contribution in [1.82, 2.24) is 4.90 Å². The van der Waals surface area contributed by atoms with Crippen LogP contribution in [0.2, 0.25) is 0 Å². The molecule has 0 bridgehead atoms. The van der Waals surface area contributed by atoms with Gasteiger partial charge in [0.15, 0.2) is 15.6 Å². The highest BCUT2D eigenvalue weighted by molar-refractivity contribution is 7.92. The Balaban J connectivity index is 1.27.